The molecule has 1 saturated carbocycles. The highest BCUT2D eigenvalue weighted by Crippen LogP contribution is 2.49. The van der Waals surface area contributed by atoms with Gasteiger partial charge in [0.25, 0.3) is 0 Å². The minimum Gasteiger partial charge on any atom is -0.469 e. The number of Topliss-reactive ketones (excluding diaryl/α,β-unsaturated/α-hetero) is 1. The van der Waals surface area contributed by atoms with Crippen LogP contribution in [0.5, 0.6) is 0 Å². The van der Waals surface area contributed by atoms with Crippen LogP contribution >= 0.6 is 0 Å². The number of esters is 1. The van der Waals surface area contributed by atoms with Gasteiger partial charge < -0.3 is 4.74 Å². The fourth-order valence-electron chi connectivity index (χ4n) is 2.10. The van der Waals surface area contributed by atoms with Crippen molar-refractivity contribution in [2.45, 2.75) is 31.6 Å². The molecule has 3 heteroatoms. The fourth-order valence-corrected chi connectivity index (χ4v) is 2.10. The molecule has 1 aromatic carbocycles. The molecule has 1 aliphatic rings. The van der Waals surface area contributed by atoms with Crippen LogP contribution in [-0.2, 0) is 19.7 Å². The van der Waals surface area contributed by atoms with Crippen LogP contribution in [0.1, 0.15) is 30.4 Å². The van der Waals surface area contributed by atoms with E-state index in [1.165, 1.54) is 12.7 Å². The van der Waals surface area contributed by atoms with Gasteiger partial charge >= 0.3 is 5.97 Å². The van der Waals surface area contributed by atoms with E-state index in [1.807, 2.05) is 31.2 Å². The molecular weight excluding hydrogens is 216 g/mol. The predicted molar refractivity (Wildman–Crippen MR) is 63.7 cm³/mol. The van der Waals surface area contributed by atoms with Gasteiger partial charge in [0.05, 0.1) is 12.5 Å². The molecule has 3 nitrogen and oxygen atoms in total. The molecule has 0 radical (unpaired) electrons. The van der Waals surface area contributed by atoms with E-state index in [9.17, 15) is 9.59 Å². The number of hydrogen-bond acceptors (Lipinski definition) is 3. The van der Waals surface area contributed by atoms with Gasteiger partial charge in [-0.3, -0.25) is 9.59 Å². The summed E-state index contributed by atoms with van der Waals surface area (Å²) in [6.07, 6.45) is 1.56. The summed E-state index contributed by atoms with van der Waals surface area (Å²) in [5, 5.41) is 0. The van der Waals surface area contributed by atoms with E-state index in [0.717, 1.165) is 18.4 Å². The average Bonchev–Trinajstić information content (AvgIpc) is 3.11. The Hall–Kier alpha value is -1.64. The third kappa shape index (κ3) is 2.23. The van der Waals surface area contributed by atoms with Crippen molar-refractivity contribution in [3.63, 3.8) is 0 Å². The molecule has 0 aliphatic heterocycles. The van der Waals surface area contributed by atoms with Crippen molar-refractivity contribution in [3.8, 4) is 0 Å². The largest absolute Gasteiger partial charge is 0.469 e. The van der Waals surface area contributed by atoms with Crippen LogP contribution < -0.4 is 0 Å². The van der Waals surface area contributed by atoms with Crippen LogP contribution in [0.3, 0.4) is 0 Å². The zero-order chi connectivity index (χ0) is 12.5. The second-order valence-electron chi connectivity index (χ2n) is 4.62. The number of benzene rings is 1. The van der Waals surface area contributed by atoms with E-state index in [0.29, 0.717) is 0 Å². The summed E-state index contributed by atoms with van der Waals surface area (Å²) in [4.78, 5) is 23.2. The number of methoxy groups -OCH3 is 1. The van der Waals surface area contributed by atoms with Crippen molar-refractivity contribution in [1.29, 1.82) is 0 Å². The molecule has 0 atom stereocenters. The van der Waals surface area contributed by atoms with Crippen LogP contribution in [0.2, 0.25) is 0 Å². The highest BCUT2D eigenvalue weighted by molar-refractivity contribution is 6.03. The van der Waals surface area contributed by atoms with Gasteiger partial charge in [0, 0.05) is 0 Å². The van der Waals surface area contributed by atoms with Gasteiger partial charge in [-0.25, -0.2) is 0 Å². The Labute approximate surface area is 101 Å². The standard InChI is InChI=1S/C14H16O3/c1-10-3-5-11(6-4-10)14(7-8-14)12(15)9-13(16)17-2/h3-6H,7-9H2,1-2H3. The van der Waals surface area contributed by atoms with E-state index >= 15 is 0 Å². The first kappa shape index (κ1) is 11.8. The molecule has 0 bridgehead atoms. The number of hydrogen-bond donors (Lipinski definition) is 0. The summed E-state index contributed by atoms with van der Waals surface area (Å²) in [7, 11) is 1.31. The fraction of sp³-hybridized carbons (Fsp3) is 0.429. The molecule has 1 aliphatic carbocycles. The van der Waals surface area contributed by atoms with Crippen LogP contribution in [0.4, 0.5) is 0 Å². The van der Waals surface area contributed by atoms with Gasteiger partial charge in [0.15, 0.2) is 5.78 Å². The monoisotopic (exact) mass is 232 g/mol. The summed E-state index contributed by atoms with van der Waals surface area (Å²) in [6, 6.07) is 7.97. The molecule has 0 N–H and O–H groups in total. The van der Waals surface area contributed by atoms with Crippen molar-refractivity contribution in [2.24, 2.45) is 0 Å². The van der Waals surface area contributed by atoms with Crippen LogP contribution in [0, 0.1) is 6.92 Å². The number of carbonyl (C=O) groups excluding carboxylic acids is 2. The molecule has 0 spiro atoms. The highest BCUT2D eigenvalue weighted by Gasteiger charge is 2.50. The molecule has 1 aromatic rings. The smallest absolute Gasteiger partial charge is 0.313 e. The zero-order valence-corrected chi connectivity index (χ0v) is 10.2. The van der Waals surface area contributed by atoms with Gasteiger partial charge in [-0.2, -0.15) is 0 Å². The minimum absolute atomic E-state index is 0.0202. The van der Waals surface area contributed by atoms with Gasteiger partial charge in [-0.15, -0.1) is 0 Å². The van der Waals surface area contributed by atoms with Gasteiger partial charge in [-0.05, 0) is 25.3 Å². The molecule has 0 unspecified atom stereocenters. The lowest BCUT2D eigenvalue weighted by molar-refractivity contribution is -0.143. The summed E-state index contributed by atoms with van der Waals surface area (Å²) in [5.41, 5.74) is 1.78. The third-order valence-electron chi connectivity index (χ3n) is 3.42. The maximum Gasteiger partial charge on any atom is 0.313 e. The number of aryl methyl sites for hydroxylation is 1. The molecule has 90 valence electrons. The first-order valence-corrected chi connectivity index (χ1v) is 5.76. The number of ether oxygens (including phenoxy) is 1. The molecule has 0 amide bonds. The lowest BCUT2D eigenvalue weighted by Crippen LogP contribution is -2.23. The summed E-state index contributed by atoms with van der Waals surface area (Å²) in [6.45, 7) is 2.01. The van der Waals surface area contributed by atoms with Gasteiger partial charge in [0.1, 0.15) is 6.42 Å². The van der Waals surface area contributed by atoms with Crippen molar-refractivity contribution in [2.75, 3.05) is 7.11 Å². The zero-order valence-electron chi connectivity index (χ0n) is 10.2. The Morgan fingerprint density at radius 1 is 1.24 bits per heavy atom. The molecule has 0 heterocycles. The van der Waals surface area contributed by atoms with E-state index in [4.69, 9.17) is 0 Å². The molecule has 2 rings (SSSR count). The lowest BCUT2D eigenvalue weighted by atomic mass is 9.89. The predicted octanol–water partition coefficient (Wildman–Crippen LogP) is 2.16. The summed E-state index contributed by atoms with van der Waals surface area (Å²) >= 11 is 0. The van der Waals surface area contributed by atoms with Crippen LogP contribution in [0.25, 0.3) is 0 Å². The Kier molecular flexibility index (Phi) is 3.01. The lowest BCUT2D eigenvalue weighted by Gasteiger charge is -2.13. The minimum atomic E-state index is -0.451. The maximum atomic E-state index is 12.1. The van der Waals surface area contributed by atoms with Gasteiger partial charge in [-0.1, -0.05) is 29.8 Å². The Morgan fingerprint density at radius 3 is 2.29 bits per heavy atom. The normalized spacial score (nSPS) is 16.4. The first-order chi connectivity index (χ1) is 8.08. The van der Waals surface area contributed by atoms with E-state index in [1.54, 1.807) is 0 Å². The Bertz CT molecular complexity index is 441. The number of rotatable bonds is 4. The van der Waals surface area contributed by atoms with E-state index in [-0.39, 0.29) is 12.2 Å². The van der Waals surface area contributed by atoms with Crippen molar-refractivity contribution in [3.05, 3.63) is 35.4 Å². The Morgan fingerprint density at radius 2 is 1.82 bits per heavy atom. The second kappa shape index (κ2) is 4.32. The molecule has 0 saturated heterocycles. The molecule has 1 fully saturated rings. The first-order valence-electron chi connectivity index (χ1n) is 5.76. The molecule has 17 heavy (non-hydrogen) atoms. The molecular formula is C14H16O3. The van der Waals surface area contributed by atoms with E-state index < -0.39 is 11.4 Å². The van der Waals surface area contributed by atoms with Gasteiger partial charge in [0.2, 0.25) is 0 Å². The topological polar surface area (TPSA) is 43.4 Å². The average molecular weight is 232 g/mol. The third-order valence-corrected chi connectivity index (χ3v) is 3.42. The SMILES string of the molecule is COC(=O)CC(=O)C1(c2ccc(C)cc2)CC1. The number of carbonyl (C=O) groups is 2. The van der Waals surface area contributed by atoms with Crippen molar-refractivity contribution < 1.29 is 14.3 Å². The maximum absolute atomic E-state index is 12.1. The number of ketones is 1. The van der Waals surface area contributed by atoms with E-state index in [2.05, 4.69) is 4.74 Å². The Balaban J connectivity index is 2.16. The van der Waals surface area contributed by atoms with Crippen molar-refractivity contribution in [1.82, 2.24) is 0 Å². The highest BCUT2D eigenvalue weighted by atomic mass is 16.5. The van der Waals surface area contributed by atoms with Crippen LogP contribution in [0.15, 0.2) is 24.3 Å². The van der Waals surface area contributed by atoms with Crippen molar-refractivity contribution >= 4 is 11.8 Å². The summed E-state index contributed by atoms with van der Waals surface area (Å²) < 4.78 is 4.54. The summed E-state index contributed by atoms with van der Waals surface area (Å²) in [5.74, 6) is -0.471. The quantitative estimate of drug-likeness (QED) is 0.590. The van der Waals surface area contributed by atoms with Crippen LogP contribution in [-0.4, -0.2) is 18.9 Å². The molecule has 0 aromatic heterocycles. The second-order valence-corrected chi connectivity index (χ2v) is 4.62.